The van der Waals surface area contributed by atoms with Crippen molar-refractivity contribution < 1.29 is 9.90 Å². The van der Waals surface area contributed by atoms with Gasteiger partial charge in [0.1, 0.15) is 8.07 Å². The summed E-state index contributed by atoms with van der Waals surface area (Å²) < 4.78 is 2.03. The molecule has 1 heterocycles. The summed E-state index contributed by atoms with van der Waals surface area (Å²) in [5.41, 5.74) is 3.39. The van der Waals surface area contributed by atoms with E-state index < -0.39 is 22.4 Å². The van der Waals surface area contributed by atoms with Crippen LogP contribution in [0, 0.1) is 17.4 Å². The molecule has 0 aliphatic carbocycles. The molecule has 1 amide bonds. The van der Waals surface area contributed by atoms with E-state index in [1.165, 1.54) is 0 Å². The molecule has 120 valence electrons. The molecule has 0 saturated carbocycles. The van der Waals surface area contributed by atoms with E-state index in [0.29, 0.717) is 0 Å². The topological polar surface area (TPSA) is 40.5 Å². The van der Waals surface area contributed by atoms with E-state index >= 15 is 0 Å². The first kappa shape index (κ1) is 18.5. The average molecular weight is 326 g/mol. The summed E-state index contributed by atoms with van der Waals surface area (Å²) in [7, 11) is -3.43. The second kappa shape index (κ2) is 5.56. The minimum absolute atomic E-state index is 0.0887. The Bertz CT molecular complexity index is 475. The highest BCUT2D eigenvalue weighted by molar-refractivity contribution is 6.84. The van der Waals surface area contributed by atoms with Crippen LogP contribution in [0.15, 0.2) is 0 Å². The summed E-state index contributed by atoms with van der Waals surface area (Å²) in [4.78, 5) is 12.6. The van der Waals surface area contributed by atoms with Crippen LogP contribution >= 0.6 is 0 Å². The lowest BCUT2D eigenvalue weighted by molar-refractivity contribution is -0.151. The van der Waals surface area contributed by atoms with Crippen LogP contribution in [-0.2, 0) is 4.79 Å². The second-order valence-electron chi connectivity index (χ2n) is 8.75. The highest BCUT2D eigenvalue weighted by Gasteiger charge is 2.58. The first-order valence-corrected chi connectivity index (χ1v) is 14.2. The first-order chi connectivity index (χ1) is 9.20. The van der Waals surface area contributed by atoms with Gasteiger partial charge in [0.25, 0.3) is 0 Å². The minimum atomic E-state index is -1.95. The van der Waals surface area contributed by atoms with Crippen molar-refractivity contribution >= 4 is 22.2 Å². The third-order valence-corrected chi connectivity index (χ3v) is 11.0. The van der Waals surface area contributed by atoms with Gasteiger partial charge in [-0.3, -0.25) is 4.79 Å². The van der Waals surface area contributed by atoms with E-state index in [-0.39, 0.29) is 22.9 Å². The molecule has 1 fully saturated rings. The van der Waals surface area contributed by atoms with Gasteiger partial charge in [-0.15, -0.1) is 5.54 Å². The molecule has 1 N–H and O–H groups in total. The minimum Gasteiger partial charge on any atom is -0.392 e. The lowest BCUT2D eigenvalue weighted by atomic mass is 9.86. The van der Waals surface area contributed by atoms with Crippen LogP contribution in [0.5, 0.6) is 0 Å². The Morgan fingerprint density at radius 3 is 2.00 bits per heavy atom. The molecule has 0 spiro atoms. The van der Waals surface area contributed by atoms with E-state index in [1.54, 1.807) is 6.92 Å². The highest BCUT2D eigenvalue weighted by Crippen LogP contribution is 2.45. The monoisotopic (exact) mass is 325 g/mol. The van der Waals surface area contributed by atoms with Gasteiger partial charge in [0, 0.05) is 0 Å². The molecule has 5 heteroatoms. The number of amides is 1. The van der Waals surface area contributed by atoms with Crippen molar-refractivity contribution in [3.05, 3.63) is 0 Å². The Labute approximate surface area is 132 Å². The molecular weight excluding hydrogens is 294 g/mol. The average Bonchev–Trinajstić information content (AvgIpc) is 2.19. The molecule has 0 aromatic rings. The van der Waals surface area contributed by atoms with Crippen LogP contribution in [-0.4, -0.2) is 44.0 Å². The van der Waals surface area contributed by atoms with Crippen molar-refractivity contribution in [3.63, 3.8) is 0 Å². The molecule has 0 bridgehead atoms. The van der Waals surface area contributed by atoms with Gasteiger partial charge in [-0.2, -0.15) is 0 Å². The Kier molecular flexibility index (Phi) is 4.89. The van der Waals surface area contributed by atoms with Crippen LogP contribution in [0.1, 0.15) is 27.7 Å². The van der Waals surface area contributed by atoms with Gasteiger partial charge in [0.15, 0.2) is 8.24 Å². The van der Waals surface area contributed by atoms with Crippen molar-refractivity contribution in [2.24, 2.45) is 5.92 Å². The van der Waals surface area contributed by atoms with E-state index in [0.717, 1.165) is 0 Å². The van der Waals surface area contributed by atoms with Crippen LogP contribution in [0.2, 0.25) is 37.8 Å². The largest absolute Gasteiger partial charge is 0.392 e. The summed E-state index contributed by atoms with van der Waals surface area (Å²) in [5.74, 6) is 3.09. The van der Waals surface area contributed by atoms with Crippen LogP contribution in [0.25, 0.3) is 0 Å². The summed E-state index contributed by atoms with van der Waals surface area (Å²) in [6.45, 7) is 19.4. The van der Waals surface area contributed by atoms with Gasteiger partial charge in [-0.05, 0) is 12.0 Å². The molecule has 1 rings (SSSR count). The van der Waals surface area contributed by atoms with E-state index in [1.807, 2.05) is 4.57 Å². The standard InChI is InChI=1S/C16H31NO2Si2/c1-12(18)14-13(10-11-20(5,6)7)17(15(14)19)21(8,9)16(2,3)4/h12-14,18H,1-9H3/t12-,13+,14-/m1/s1. The van der Waals surface area contributed by atoms with Crippen LogP contribution < -0.4 is 0 Å². The molecule has 1 saturated heterocycles. The van der Waals surface area contributed by atoms with Crippen LogP contribution in [0.4, 0.5) is 0 Å². The molecule has 1 aliphatic rings. The quantitative estimate of drug-likeness (QED) is 0.481. The van der Waals surface area contributed by atoms with Gasteiger partial charge in [0.2, 0.25) is 5.91 Å². The van der Waals surface area contributed by atoms with Gasteiger partial charge in [-0.1, -0.05) is 59.4 Å². The van der Waals surface area contributed by atoms with Crippen molar-refractivity contribution in [1.29, 1.82) is 0 Å². The summed E-state index contributed by atoms with van der Waals surface area (Å²) in [6, 6.07) is -0.106. The number of aliphatic hydroxyl groups excluding tert-OH is 1. The SMILES string of the molecule is C[C@@H](O)[C@H]1C(=O)N([Si](C)(C)C(C)(C)C)[C@H]1C#C[Si](C)(C)C. The lowest BCUT2D eigenvalue weighted by Gasteiger charge is -2.57. The molecule has 21 heavy (non-hydrogen) atoms. The third kappa shape index (κ3) is 3.61. The van der Waals surface area contributed by atoms with Crippen molar-refractivity contribution in [3.8, 4) is 11.5 Å². The number of carbonyl (C=O) groups excluding carboxylic acids is 1. The number of nitrogens with zero attached hydrogens (tertiary/aromatic N) is 1. The number of rotatable bonds is 2. The maximum absolute atomic E-state index is 12.6. The Balaban J connectivity index is 3.19. The van der Waals surface area contributed by atoms with Crippen molar-refractivity contribution in [2.45, 2.75) is 77.6 Å². The molecule has 0 aromatic heterocycles. The molecule has 3 atom stereocenters. The summed E-state index contributed by atoms with van der Waals surface area (Å²) in [5, 5.41) is 10.0. The lowest BCUT2D eigenvalue weighted by Crippen LogP contribution is -2.74. The fourth-order valence-corrected chi connectivity index (χ4v) is 5.33. The summed E-state index contributed by atoms with van der Waals surface area (Å²) >= 11 is 0. The number of hydrogen-bond donors (Lipinski definition) is 1. The number of hydrogen-bond acceptors (Lipinski definition) is 2. The van der Waals surface area contributed by atoms with Gasteiger partial charge < -0.3 is 9.67 Å². The van der Waals surface area contributed by atoms with Crippen molar-refractivity contribution in [1.82, 2.24) is 4.57 Å². The van der Waals surface area contributed by atoms with E-state index in [9.17, 15) is 9.90 Å². The number of carbonyl (C=O) groups is 1. The predicted octanol–water partition coefficient (Wildman–Crippen LogP) is 3.08. The van der Waals surface area contributed by atoms with Gasteiger partial charge in [0.05, 0.1) is 18.1 Å². The maximum atomic E-state index is 12.6. The van der Waals surface area contributed by atoms with Crippen molar-refractivity contribution in [2.75, 3.05) is 0 Å². The Morgan fingerprint density at radius 1 is 1.19 bits per heavy atom. The highest BCUT2D eigenvalue weighted by atomic mass is 28.3. The Morgan fingerprint density at radius 2 is 1.67 bits per heavy atom. The van der Waals surface area contributed by atoms with Gasteiger partial charge in [-0.25, -0.2) is 0 Å². The Hall–Kier alpha value is -0.576. The van der Waals surface area contributed by atoms with E-state index in [2.05, 4.69) is 65.0 Å². The molecule has 0 radical (unpaired) electrons. The van der Waals surface area contributed by atoms with E-state index in [4.69, 9.17) is 0 Å². The fourth-order valence-electron chi connectivity index (χ4n) is 2.41. The smallest absolute Gasteiger partial charge is 0.224 e. The number of aliphatic hydroxyl groups is 1. The predicted molar refractivity (Wildman–Crippen MR) is 94.1 cm³/mol. The van der Waals surface area contributed by atoms with Crippen LogP contribution in [0.3, 0.4) is 0 Å². The molecular formula is C16H31NO2Si2. The molecule has 3 nitrogen and oxygen atoms in total. The second-order valence-corrected chi connectivity index (χ2v) is 18.6. The zero-order valence-corrected chi connectivity index (χ0v) is 17.0. The normalized spacial score (nSPS) is 25.0. The molecule has 0 unspecified atom stereocenters. The zero-order chi connectivity index (χ0) is 16.8. The maximum Gasteiger partial charge on any atom is 0.224 e. The zero-order valence-electron chi connectivity index (χ0n) is 15.0. The fraction of sp³-hybridized carbons (Fsp3) is 0.812. The molecule has 1 aliphatic heterocycles. The first-order valence-electron chi connectivity index (χ1n) is 7.74. The summed E-state index contributed by atoms with van der Waals surface area (Å²) in [6.07, 6.45) is -0.626. The number of β-lactam (4-membered cyclic amide) rings is 1. The molecule has 0 aromatic carbocycles. The van der Waals surface area contributed by atoms with Gasteiger partial charge >= 0.3 is 0 Å². The third-order valence-electron chi connectivity index (χ3n) is 4.69.